The maximum atomic E-state index is 10.3. The normalized spacial score (nSPS) is 14.4. The molecule has 2 atom stereocenters. The van der Waals surface area contributed by atoms with Gasteiger partial charge in [0, 0.05) is 25.0 Å². The molecular formula is C11H16N2O3. The van der Waals surface area contributed by atoms with Crippen LogP contribution < -0.4 is 5.32 Å². The van der Waals surface area contributed by atoms with Crippen LogP contribution in [0.2, 0.25) is 0 Å². The van der Waals surface area contributed by atoms with Gasteiger partial charge in [-0.2, -0.15) is 0 Å². The number of carboxylic acids is 1. The predicted molar refractivity (Wildman–Crippen MR) is 58.9 cm³/mol. The Balaban J connectivity index is 2.35. The van der Waals surface area contributed by atoms with Crippen LogP contribution in [0.15, 0.2) is 24.5 Å². The van der Waals surface area contributed by atoms with Gasteiger partial charge in [-0.3, -0.25) is 9.78 Å². The lowest BCUT2D eigenvalue weighted by molar-refractivity contribution is -0.139. The molecule has 1 heterocycles. The number of aliphatic hydroxyl groups excluding tert-OH is 1. The molecule has 0 bridgehead atoms. The van der Waals surface area contributed by atoms with Gasteiger partial charge in [0.25, 0.3) is 0 Å². The first kappa shape index (κ1) is 12.6. The summed E-state index contributed by atoms with van der Waals surface area (Å²) >= 11 is 0. The summed E-state index contributed by atoms with van der Waals surface area (Å²) in [5.41, 5.74) is 1.00. The van der Waals surface area contributed by atoms with Crippen molar-refractivity contribution < 1.29 is 15.0 Å². The third kappa shape index (κ3) is 4.37. The molecule has 16 heavy (non-hydrogen) atoms. The van der Waals surface area contributed by atoms with Gasteiger partial charge < -0.3 is 15.5 Å². The fourth-order valence-corrected chi connectivity index (χ4v) is 1.34. The van der Waals surface area contributed by atoms with E-state index in [1.165, 1.54) is 0 Å². The summed E-state index contributed by atoms with van der Waals surface area (Å²) in [4.78, 5) is 14.3. The fraction of sp³-hybridized carbons (Fsp3) is 0.455. The molecule has 1 rings (SSSR count). The van der Waals surface area contributed by atoms with Crippen molar-refractivity contribution in [3.8, 4) is 0 Å². The van der Waals surface area contributed by atoms with Crippen LogP contribution in [0.3, 0.4) is 0 Å². The molecule has 0 saturated carbocycles. The first-order valence-corrected chi connectivity index (χ1v) is 5.12. The average molecular weight is 224 g/mol. The number of aromatic nitrogens is 1. The smallest absolute Gasteiger partial charge is 0.306 e. The quantitative estimate of drug-likeness (QED) is 0.658. The molecule has 3 N–H and O–H groups in total. The molecule has 0 spiro atoms. The van der Waals surface area contributed by atoms with Crippen LogP contribution in [0.4, 0.5) is 0 Å². The van der Waals surface area contributed by atoms with Crippen molar-refractivity contribution in [2.45, 2.75) is 25.5 Å². The van der Waals surface area contributed by atoms with Gasteiger partial charge in [0.05, 0.1) is 12.5 Å². The van der Waals surface area contributed by atoms with Gasteiger partial charge in [0.2, 0.25) is 0 Å². The second kappa shape index (κ2) is 6.19. The summed E-state index contributed by atoms with van der Waals surface area (Å²) in [5, 5.41) is 20.9. The topological polar surface area (TPSA) is 82.5 Å². The minimum atomic E-state index is -0.997. The lowest BCUT2D eigenvalue weighted by Crippen LogP contribution is -2.30. The Bertz CT molecular complexity index is 329. The Kier molecular flexibility index (Phi) is 4.88. The summed E-state index contributed by atoms with van der Waals surface area (Å²) < 4.78 is 0. The predicted octanol–water partition coefficient (Wildman–Crippen LogP) is 0.568. The number of hydrogen-bond acceptors (Lipinski definition) is 4. The highest BCUT2D eigenvalue weighted by atomic mass is 16.4. The van der Waals surface area contributed by atoms with Crippen LogP contribution in [-0.4, -0.2) is 33.8 Å². The van der Waals surface area contributed by atoms with Crippen molar-refractivity contribution in [3.05, 3.63) is 30.1 Å². The number of hydrogen-bond donors (Lipinski definition) is 3. The van der Waals surface area contributed by atoms with E-state index in [1.807, 2.05) is 19.1 Å². The number of pyridine rings is 1. The van der Waals surface area contributed by atoms with E-state index in [4.69, 9.17) is 5.11 Å². The Morgan fingerprint density at radius 3 is 2.94 bits per heavy atom. The van der Waals surface area contributed by atoms with Crippen LogP contribution in [0, 0.1) is 0 Å². The SMILES string of the molecule is CC(NCC(O)CC(=O)O)c1cccnc1. The zero-order chi connectivity index (χ0) is 12.0. The summed E-state index contributed by atoms with van der Waals surface area (Å²) in [6.45, 7) is 2.19. The maximum Gasteiger partial charge on any atom is 0.306 e. The Labute approximate surface area is 94.1 Å². The zero-order valence-corrected chi connectivity index (χ0v) is 9.13. The van der Waals surface area contributed by atoms with Crippen LogP contribution in [0.25, 0.3) is 0 Å². The van der Waals surface area contributed by atoms with E-state index in [9.17, 15) is 9.90 Å². The molecule has 0 fully saturated rings. The van der Waals surface area contributed by atoms with Crippen molar-refractivity contribution >= 4 is 5.97 Å². The van der Waals surface area contributed by atoms with Crippen molar-refractivity contribution in [2.24, 2.45) is 0 Å². The van der Waals surface area contributed by atoms with Gasteiger partial charge in [-0.25, -0.2) is 0 Å². The van der Waals surface area contributed by atoms with Crippen LogP contribution in [-0.2, 0) is 4.79 Å². The van der Waals surface area contributed by atoms with Crippen molar-refractivity contribution in [3.63, 3.8) is 0 Å². The molecule has 0 aliphatic carbocycles. The minimum absolute atomic E-state index is 0.0390. The second-order valence-corrected chi connectivity index (χ2v) is 3.67. The minimum Gasteiger partial charge on any atom is -0.481 e. The Hall–Kier alpha value is -1.46. The summed E-state index contributed by atoms with van der Waals surface area (Å²) in [5.74, 6) is -0.997. The van der Waals surface area contributed by atoms with E-state index in [1.54, 1.807) is 12.4 Å². The first-order chi connectivity index (χ1) is 7.59. The van der Waals surface area contributed by atoms with Crippen LogP contribution in [0.5, 0.6) is 0 Å². The monoisotopic (exact) mass is 224 g/mol. The Morgan fingerprint density at radius 2 is 2.38 bits per heavy atom. The number of aliphatic hydroxyl groups is 1. The molecule has 0 aliphatic heterocycles. The third-order valence-electron chi connectivity index (χ3n) is 2.25. The highest BCUT2D eigenvalue weighted by Crippen LogP contribution is 2.09. The highest BCUT2D eigenvalue weighted by Gasteiger charge is 2.11. The molecule has 0 amide bonds. The standard InChI is InChI=1S/C11H16N2O3/c1-8(9-3-2-4-12-6-9)13-7-10(14)5-11(15)16/h2-4,6,8,10,13-14H,5,7H2,1H3,(H,15,16). The van der Waals surface area contributed by atoms with Gasteiger partial charge in [0.15, 0.2) is 0 Å². The molecule has 5 nitrogen and oxygen atoms in total. The van der Waals surface area contributed by atoms with Crippen molar-refractivity contribution in [2.75, 3.05) is 6.54 Å². The van der Waals surface area contributed by atoms with E-state index in [0.29, 0.717) is 0 Å². The molecule has 0 radical (unpaired) electrons. The molecular weight excluding hydrogens is 208 g/mol. The van der Waals surface area contributed by atoms with Crippen LogP contribution >= 0.6 is 0 Å². The lowest BCUT2D eigenvalue weighted by atomic mass is 10.1. The van der Waals surface area contributed by atoms with Gasteiger partial charge in [-0.15, -0.1) is 0 Å². The maximum absolute atomic E-state index is 10.3. The van der Waals surface area contributed by atoms with E-state index in [-0.39, 0.29) is 19.0 Å². The summed E-state index contributed by atoms with van der Waals surface area (Å²) in [6.07, 6.45) is 2.32. The Morgan fingerprint density at radius 1 is 1.62 bits per heavy atom. The van der Waals surface area contributed by atoms with E-state index in [2.05, 4.69) is 10.3 Å². The number of nitrogens with one attached hydrogen (secondary N) is 1. The summed E-state index contributed by atoms with van der Waals surface area (Å²) in [6, 6.07) is 3.80. The van der Waals surface area contributed by atoms with Crippen molar-refractivity contribution in [1.82, 2.24) is 10.3 Å². The van der Waals surface area contributed by atoms with E-state index in [0.717, 1.165) is 5.56 Å². The highest BCUT2D eigenvalue weighted by molar-refractivity contribution is 5.67. The first-order valence-electron chi connectivity index (χ1n) is 5.12. The lowest BCUT2D eigenvalue weighted by Gasteiger charge is -2.16. The molecule has 1 aromatic heterocycles. The van der Waals surface area contributed by atoms with Crippen LogP contribution in [0.1, 0.15) is 24.9 Å². The molecule has 2 unspecified atom stereocenters. The number of carboxylic acid groups (broad SMARTS) is 1. The van der Waals surface area contributed by atoms with E-state index >= 15 is 0 Å². The third-order valence-corrected chi connectivity index (χ3v) is 2.25. The van der Waals surface area contributed by atoms with Gasteiger partial charge in [-0.05, 0) is 18.6 Å². The summed E-state index contributed by atoms with van der Waals surface area (Å²) in [7, 11) is 0. The van der Waals surface area contributed by atoms with E-state index < -0.39 is 12.1 Å². The number of nitrogens with zero attached hydrogens (tertiary/aromatic N) is 1. The molecule has 0 saturated heterocycles. The van der Waals surface area contributed by atoms with Crippen molar-refractivity contribution in [1.29, 1.82) is 0 Å². The van der Waals surface area contributed by atoms with Gasteiger partial charge in [-0.1, -0.05) is 6.07 Å². The number of carbonyl (C=O) groups is 1. The van der Waals surface area contributed by atoms with Gasteiger partial charge >= 0.3 is 5.97 Å². The average Bonchev–Trinajstić information content (AvgIpc) is 2.26. The second-order valence-electron chi connectivity index (χ2n) is 3.67. The largest absolute Gasteiger partial charge is 0.481 e. The molecule has 0 aromatic carbocycles. The number of aliphatic carboxylic acids is 1. The molecule has 88 valence electrons. The fourth-order valence-electron chi connectivity index (χ4n) is 1.34. The number of rotatable bonds is 6. The zero-order valence-electron chi connectivity index (χ0n) is 9.13. The molecule has 1 aromatic rings. The molecule has 5 heteroatoms. The molecule has 0 aliphatic rings. The van der Waals surface area contributed by atoms with Gasteiger partial charge in [0.1, 0.15) is 0 Å².